The lowest BCUT2D eigenvalue weighted by molar-refractivity contribution is -0.136. The highest BCUT2D eigenvalue weighted by molar-refractivity contribution is 7.98. The third-order valence-electron chi connectivity index (χ3n) is 4.79. The van der Waals surface area contributed by atoms with Gasteiger partial charge < -0.3 is 4.74 Å². The summed E-state index contributed by atoms with van der Waals surface area (Å²) < 4.78 is 61.5. The van der Waals surface area contributed by atoms with Gasteiger partial charge in [0.1, 0.15) is 23.0 Å². The lowest BCUT2D eigenvalue weighted by Crippen LogP contribution is -2.07. The van der Waals surface area contributed by atoms with Crippen LogP contribution in [0.3, 0.4) is 0 Å². The fourth-order valence-electron chi connectivity index (χ4n) is 3.44. The molecule has 8 heteroatoms. The second kappa shape index (κ2) is 8.26. The third kappa shape index (κ3) is 4.25. The van der Waals surface area contributed by atoms with Crippen LogP contribution in [0, 0.1) is 5.82 Å². The Labute approximate surface area is 180 Å². The van der Waals surface area contributed by atoms with E-state index in [1.54, 1.807) is 36.5 Å². The average Bonchev–Trinajstić information content (AvgIpc) is 3.11. The molecule has 0 N–H and O–H groups in total. The summed E-state index contributed by atoms with van der Waals surface area (Å²) in [5.74, 6) is 0.376. The molecule has 0 aliphatic heterocycles. The van der Waals surface area contributed by atoms with E-state index in [9.17, 15) is 17.6 Å². The van der Waals surface area contributed by atoms with Crippen LogP contribution < -0.4 is 4.74 Å². The highest BCUT2D eigenvalue weighted by Gasteiger charge is 2.34. The van der Waals surface area contributed by atoms with Gasteiger partial charge in [-0.15, -0.1) is 11.8 Å². The van der Waals surface area contributed by atoms with Gasteiger partial charge >= 0.3 is 6.18 Å². The molecule has 0 amide bonds. The van der Waals surface area contributed by atoms with E-state index in [1.165, 1.54) is 34.4 Å². The fourth-order valence-corrected chi connectivity index (χ4v) is 3.91. The van der Waals surface area contributed by atoms with E-state index >= 15 is 0 Å². The summed E-state index contributed by atoms with van der Waals surface area (Å²) >= 11 is 1.39. The molecule has 2 aromatic carbocycles. The maximum absolute atomic E-state index is 13.8. The molecule has 0 saturated heterocycles. The topological polar surface area (TPSA) is 26.5 Å². The van der Waals surface area contributed by atoms with Crippen LogP contribution in [0.4, 0.5) is 17.6 Å². The molecule has 0 unspecified atom stereocenters. The van der Waals surface area contributed by atoms with Crippen molar-refractivity contribution in [3.63, 3.8) is 0 Å². The van der Waals surface area contributed by atoms with Crippen molar-refractivity contribution in [2.45, 2.75) is 24.4 Å². The second-order valence-electron chi connectivity index (χ2n) is 6.83. The molecule has 31 heavy (non-hydrogen) atoms. The second-order valence-corrected chi connectivity index (χ2v) is 7.71. The van der Waals surface area contributed by atoms with Crippen LogP contribution in [0.15, 0.2) is 65.7 Å². The van der Waals surface area contributed by atoms with E-state index in [4.69, 9.17) is 4.74 Å². The molecule has 0 spiro atoms. The SMILES string of the molecule is CCc1nc2c(C(F)(F)F)cccn2c1-c1cccc(Oc2cc(F)cc(SC)c2)c1. The number of ether oxygens (including phenoxy) is 1. The molecule has 160 valence electrons. The summed E-state index contributed by atoms with van der Waals surface area (Å²) in [7, 11) is 0. The van der Waals surface area contributed by atoms with E-state index in [1.807, 2.05) is 13.2 Å². The minimum absolute atomic E-state index is 0.136. The van der Waals surface area contributed by atoms with Gasteiger partial charge in [-0.1, -0.05) is 19.1 Å². The predicted octanol–water partition coefficient (Wildman–Crippen LogP) is 7.24. The Balaban J connectivity index is 1.80. The van der Waals surface area contributed by atoms with Crippen LogP contribution in [0.2, 0.25) is 0 Å². The summed E-state index contributed by atoms with van der Waals surface area (Å²) in [5, 5.41) is 0. The van der Waals surface area contributed by atoms with Crippen LogP contribution in [-0.2, 0) is 12.6 Å². The molecule has 0 aliphatic carbocycles. The first-order valence-electron chi connectivity index (χ1n) is 9.50. The van der Waals surface area contributed by atoms with Gasteiger partial charge in [0.2, 0.25) is 0 Å². The lowest BCUT2D eigenvalue weighted by Gasteiger charge is -2.11. The van der Waals surface area contributed by atoms with Gasteiger partial charge in [0.15, 0.2) is 0 Å². The Morgan fingerprint density at radius 1 is 1.03 bits per heavy atom. The number of hydrogen-bond donors (Lipinski definition) is 0. The Hall–Kier alpha value is -3.00. The number of halogens is 4. The van der Waals surface area contributed by atoms with E-state index in [2.05, 4.69) is 4.98 Å². The monoisotopic (exact) mass is 446 g/mol. The van der Waals surface area contributed by atoms with Crippen molar-refractivity contribution in [1.82, 2.24) is 9.38 Å². The summed E-state index contributed by atoms with van der Waals surface area (Å²) in [6.07, 6.45) is -0.643. The number of thioether (sulfide) groups is 1. The zero-order valence-electron chi connectivity index (χ0n) is 16.7. The van der Waals surface area contributed by atoms with Crippen molar-refractivity contribution in [1.29, 1.82) is 0 Å². The number of benzene rings is 2. The Bertz CT molecular complexity index is 1250. The molecule has 4 aromatic rings. The number of aryl methyl sites for hydroxylation is 1. The van der Waals surface area contributed by atoms with Crippen molar-refractivity contribution in [3.05, 3.63) is 77.9 Å². The zero-order valence-corrected chi connectivity index (χ0v) is 17.5. The molecule has 0 aliphatic rings. The van der Waals surface area contributed by atoms with Gasteiger partial charge in [-0.25, -0.2) is 9.37 Å². The summed E-state index contributed by atoms with van der Waals surface area (Å²) in [5.41, 5.74) is 0.848. The molecule has 0 saturated carbocycles. The van der Waals surface area contributed by atoms with E-state index < -0.39 is 17.6 Å². The highest BCUT2D eigenvalue weighted by atomic mass is 32.2. The van der Waals surface area contributed by atoms with Gasteiger partial charge in [-0.05, 0) is 49.1 Å². The normalized spacial score (nSPS) is 11.8. The minimum atomic E-state index is -4.51. The van der Waals surface area contributed by atoms with Crippen molar-refractivity contribution < 1.29 is 22.3 Å². The van der Waals surface area contributed by atoms with Gasteiger partial charge in [0, 0.05) is 22.7 Å². The summed E-state index contributed by atoms with van der Waals surface area (Å²) in [4.78, 5) is 4.99. The van der Waals surface area contributed by atoms with Crippen LogP contribution >= 0.6 is 11.8 Å². The largest absolute Gasteiger partial charge is 0.457 e. The van der Waals surface area contributed by atoms with E-state index in [0.29, 0.717) is 34.9 Å². The molecular formula is C23H18F4N2OS. The molecule has 2 heterocycles. The third-order valence-corrected chi connectivity index (χ3v) is 5.49. The summed E-state index contributed by atoms with van der Waals surface area (Å²) in [6.45, 7) is 1.84. The molecule has 2 aromatic heterocycles. The summed E-state index contributed by atoms with van der Waals surface area (Å²) in [6, 6.07) is 13.8. The minimum Gasteiger partial charge on any atom is -0.457 e. The first-order valence-corrected chi connectivity index (χ1v) is 10.7. The molecule has 3 nitrogen and oxygen atoms in total. The number of alkyl halides is 3. The molecule has 4 rings (SSSR count). The maximum Gasteiger partial charge on any atom is 0.419 e. The van der Waals surface area contributed by atoms with Crippen LogP contribution in [0.25, 0.3) is 16.9 Å². The van der Waals surface area contributed by atoms with Crippen LogP contribution in [-0.4, -0.2) is 15.6 Å². The number of fused-ring (bicyclic) bond motifs is 1. The first kappa shape index (κ1) is 21.2. The van der Waals surface area contributed by atoms with E-state index in [-0.39, 0.29) is 5.65 Å². The standard InChI is InChI=1S/C23H18F4N2OS/c1-3-20-21(29-9-5-8-19(22(29)28-20)23(25,26)27)14-6-4-7-16(10-14)30-17-11-15(24)12-18(13-17)31-2/h4-13H,3H2,1-2H3. The Morgan fingerprint density at radius 3 is 2.55 bits per heavy atom. The number of nitrogens with zero attached hydrogens (tertiary/aromatic N) is 2. The first-order chi connectivity index (χ1) is 14.8. The van der Waals surface area contributed by atoms with Gasteiger partial charge in [0.25, 0.3) is 0 Å². The fraction of sp³-hybridized carbons (Fsp3) is 0.174. The lowest BCUT2D eigenvalue weighted by atomic mass is 10.1. The smallest absolute Gasteiger partial charge is 0.419 e. The Morgan fingerprint density at radius 2 is 1.84 bits per heavy atom. The van der Waals surface area contributed by atoms with E-state index in [0.717, 1.165) is 11.0 Å². The molecule has 0 fully saturated rings. The van der Waals surface area contributed by atoms with Crippen molar-refractivity contribution in [3.8, 4) is 22.8 Å². The number of aromatic nitrogens is 2. The molecular weight excluding hydrogens is 428 g/mol. The average molecular weight is 446 g/mol. The molecule has 0 atom stereocenters. The quantitative estimate of drug-likeness (QED) is 0.239. The predicted molar refractivity (Wildman–Crippen MR) is 113 cm³/mol. The number of imidazole rings is 1. The van der Waals surface area contributed by atoms with Gasteiger partial charge in [0.05, 0.1) is 17.0 Å². The zero-order chi connectivity index (χ0) is 22.2. The van der Waals surface area contributed by atoms with Crippen molar-refractivity contribution >= 4 is 17.4 Å². The highest BCUT2D eigenvalue weighted by Crippen LogP contribution is 2.36. The van der Waals surface area contributed by atoms with Crippen LogP contribution in [0.5, 0.6) is 11.5 Å². The Kier molecular flexibility index (Phi) is 5.66. The molecule has 0 bridgehead atoms. The number of rotatable bonds is 5. The van der Waals surface area contributed by atoms with Gasteiger partial charge in [-0.3, -0.25) is 4.40 Å². The molecule has 0 radical (unpaired) electrons. The number of hydrogen-bond acceptors (Lipinski definition) is 3. The van der Waals surface area contributed by atoms with Crippen molar-refractivity contribution in [2.75, 3.05) is 6.26 Å². The number of pyridine rings is 1. The van der Waals surface area contributed by atoms with Gasteiger partial charge in [-0.2, -0.15) is 13.2 Å². The van der Waals surface area contributed by atoms with Crippen molar-refractivity contribution in [2.24, 2.45) is 0 Å². The van der Waals surface area contributed by atoms with Crippen LogP contribution in [0.1, 0.15) is 18.2 Å². The maximum atomic E-state index is 13.8.